The zero-order valence-corrected chi connectivity index (χ0v) is 13.4. The van der Waals surface area contributed by atoms with Crippen molar-refractivity contribution in [3.8, 4) is 5.75 Å². The summed E-state index contributed by atoms with van der Waals surface area (Å²) < 4.78 is 5.97. The number of amides is 1. The molecular formula is C15H14BrN3O3. The summed E-state index contributed by atoms with van der Waals surface area (Å²) in [5, 5.41) is 9.56. The van der Waals surface area contributed by atoms with E-state index in [0.29, 0.717) is 21.8 Å². The standard InChI is InChI=1S/C15H14BrN3O3/c1-8(20)17-10-4-6-11(7-5-10)22-15(21)14-12(16)13(18-19-14)9-2-3-9/h4-7,9H,2-3H2,1H3,(H,17,20)(H,18,19). The lowest BCUT2D eigenvalue weighted by Crippen LogP contribution is -2.10. The lowest BCUT2D eigenvalue weighted by molar-refractivity contribution is -0.114. The van der Waals surface area contributed by atoms with Crippen molar-refractivity contribution in [3.05, 3.63) is 40.1 Å². The number of hydrogen-bond donors (Lipinski definition) is 2. The average Bonchev–Trinajstić information content (AvgIpc) is 3.23. The van der Waals surface area contributed by atoms with Crippen molar-refractivity contribution >= 4 is 33.5 Å². The van der Waals surface area contributed by atoms with Crippen LogP contribution >= 0.6 is 15.9 Å². The van der Waals surface area contributed by atoms with Gasteiger partial charge in [-0.15, -0.1) is 0 Å². The topological polar surface area (TPSA) is 84.1 Å². The minimum Gasteiger partial charge on any atom is -0.422 e. The lowest BCUT2D eigenvalue weighted by Gasteiger charge is -2.05. The van der Waals surface area contributed by atoms with Crippen LogP contribution in [0.2, 0.25) is 0 Å². The number of nitrogens with one attached hydrogen (secondary N) is 2. The number of H-pyrrole nitrogens is 1. The van der Waals surface area contributed by atoms with E-state index in [1.54, 1.807) is 24.3 Å². The molecule has 1 saturated carbocycles. The predicted octanol–water partition coefficient (Wildman–Crippen LogP) is 3.23. The molecule has 7 heteroatoms. The van der Waals surface area contributed by atoms with Crippen LogP contribution in [0.3, 0.4) is 0 Å². The third kappa shape index (κ3) is 3.19. The highest BCUT2D eigenvalue weighted by Crippen LogP contribution is 2.43. The Labute approximate surface area is 135 Å². The van der Waals surface area contributed by atoms with Crippen molar-refractivity contribution in [2.45, 2.75) is 25.7 Å². The van der Waals surface area contributed by atoms with E-state index < -0.39 is 5.97 Å². The fraction of sp³-hybridized carbons (Fsp3) is 0.267. The molecule has 1 aliphatic carbocycles. The molecule has 0 spiro atoms. The minimum atomic E-state index is -0.526. The van der Waals surface area contributed by atoms with E-state index in [9.17, 15) is 9.59 Å². The van der Waals surface area contributed by atoms with E-state index in [1.807, 2.05) is 0 Å². The van der Waals surface area contributed by atoms with Crippen molar-refractivity contribution in [2.24, 2.45) is 0 Å². The number of carbonyl (C=O) groups excluding carboxylic acids is 2. The molecule has 1 amide bonds. The molecule has 2 N–H and O–H groups in total. The number of hydrogen-bond acceptors (Lipinski definition) is 4. The van der Waals surface area contributed by atoms with Crippen molar-refractivity contribution in [1.29, 1.82) is 0 Å². The molecule has 0 saturated heterocycles. The van der Waals surface area contributed by atoms with E-state index in [2.05, 4.69) is 31.4 Å². The van der Waals surface area contributed by atoms with E-state index in [1.165, 1.54) is 6.92 Å². The van der Waals surface area contributed by atoms with Gasteiger partial charge >= 0.3 is 5.97 Å². The maximum Gasteiger partial charge on any atom is 0.365 e. The van der Waals surface area contributed by atoms with Crippen molar-refractivity contribution < 1.29 is 14.3 Å². The molecule has 1 aromatic heterocycles. The second-order valence-electron chi connectivity index (χ2n) is 5.17. The Morgan fingerprint density at radius 2 is 2.00 bits per heavy atom. The summed E-state index contributed by atoms with van der Waals surface area (Å²) in [4.78, 5) is 23.1. The first kappa shape index (κ1) is 14.8. The summed E-state index contributed by atoms with van der Waals surface area (Å²) in [6.07, 6.45) is 2.22. The molecule has 0 radical (unpaired) electrons. The van der Waals surface area contributed by atoms with Gasteiger partial charge in [-0.3, -0.25) is 9.89 Å². The van der Waals surface area contributed by atoms with E-state index in [0.717, 1.165) is 18.5 Å². The second kappa shape index (κ2) is 5.92. The van der Waals surface area contributed by atoms with Gasteiger partial charge in [0.05, 0.1) is 10.2 Å². The molecule has 114 valence electrons. The Morgan fingerprint density at radius 1 is 1.32 bits per heavy atom. The molecule has 1 fully saturated rings. The highest BCUT2D eigenvalue weighted by molar-refractivity contribution is 9.10. The highest BCUT2D eigenvalue weighted by atomic mass is 79.9. The van der Waals surface area contributed by atoms with Gasteiger partial charge in [0, 0.05) is 18.5 Å². The number of aromatic nitrogens is 2. The van der Waals surface area contributed by atoms with Crippen LogP contribution in [0.4, 0.5) is 5.69 Å². The summed E-state index contributed by atoms with van der Waals surface area (Å²) in [7, 11) is 0. The number of esters is 1. The third-order valence-corrected chi connectivity index (χ3v) is 4.10. The zero-order valence-electron chi connectivity index (χ0n) is 11.9. The van der Waals surface area contributed by atoms with Crippen molar-refractivity contribution in [2.75, 3.05) is 5.32 Å². The largest absolute Gasteiger partial charge is 0.422 e. The molecule has 0 aliphatic heterocycles. The van der Waals surface area contributed by atoms with E-state index in [4.69, 9.17) is 4.74 Å². The molecule has 1 aliphatic rings. The molecule has 0 atom stereocenters. The first-order valence-corrected chi connectivity index (χ1v) is 7.67. The Bertz CT molecular complexity index is 720. The van der Waals surface area contributed by atoms with Crippen LogP contribution in [0.25, 0.3) is 0 Å². The molecule has 0 unspecified atom stereocenters. The smallest absolute Gasteiger partial charge is 0.365 e. The zero-order chi connectivity index (χ0) is 15.7. The van der Waals surface area contributed by atoms with Crippen LogP contribution in [-0.4, -0.2) is 22.1 Å². The quantitative estimate of drug-likeness (QED) is 0.645. The molecule has 1 heterocycles. The summed E-state index contributed by atoms with van der Waals surface area (Å²) in [5.74, 6) is 0.169. The SMILES string of the molecule is CC(=O)Nc1ccc(OC(=O)c2n[nH]c(C3CC3)c2Br)cc1. The Kier molecular flexibility index (Phi) is 3.98. The second-order valence-corrected chi connectivity index (χ2v) is 5.96. The van der Waals surface area contributed by atoms with Crippen molar-refractivity contribution in [3.63, 3.8) is 0 Å². The van der Waals surface area contributed by atoms with Crippen LogP contribution in [0.5, 0.6) is 5.75 Å². The van der Waals surface area contributed by atoms with E-state index in [-0.39, 0.29) is 11.6 Å². The lowest BCUT2D eigenvalue weighted by atomic mass is 10.2. The average molecular weight is 364 g/mol. The number of carbonyl (C=O) groups is 2. The fourth-order valence-electron chi connectivity index (χ4n) is 2.08. The number of aromatic amines is 1. The number of halogens is 1. The summed E-state index contributed by atoms with van der Waals surface area (Å²) in [6.45, 7) is 1.43. The molecular weight excluding hydrogens is 350 g/mol. The van der Waals surface area contributed by atoms with Crippen LogP contribution in [0, 0.1) is 0 Å². The first-order chi connectivity index (χ1) is 10.5. The number of benzene rings is 1. The number of anilines is 1. The number of nitrogens with zero attached hydrogens (tertiary/aromatic N) is 1. The molecule has 2 aromatic rings. The Hall–Kier alpha value is -2.15. The Morgan fingerprint density at radius 3 is 2.59 bits per heavy atom. The van der Waals surface area contributed by atoms with Crippen molar-refractivity contribution in [1.82, 2.24) is 10.2 Å². The maximum absolute atomic E-state index is 12.1. The van der Waals surface area contributed by atoms with Crippen LogP contribution in [0.1, 0.15) is 41.9 Å². The van der Waals surface area contributed by atoms with E-state index >= 15 is 0 Å². The van der Waals surface area contributed by atoms with Gasteiger partial charge < -0.3 is 10.1 Å². The predicted molar refractivity (Wildman–Crippen MR) is 84.0 cm³/mol. The van der Waals surface area contributed by atoms with Gasteiger partial charge in [-0.05, 0) is 53.0 Å². The molecule has 22 heavy (non-hydrogen) atoms. The van der Waals surface area contributed by atoms with Gasteiger partial charge in [-0.1, -0.05) is 0 Å². The first-order valence-electron chi connectivity index (χ1n) is 6.88. The van der Waals surface area contributed by atoms with Crippen LogP contribution in [0.15, 0.2) is 28.7 Å². The maximum atomic E-state index is 12.1. The Balaban J connectivity index is 1.70. The van der Waals surface area contributed by atoms with Gasteiger partial charge in [0.1, 0.15) is 5.75 Å². The molecule has 3 rings (SSSR count). The minimum absolute atomic E-state index is 0.155. The fourth-order valence-corrected chi connectivity index (χ4v) is 2.75. The number of rotatable bonds is 4. The van der Waals surface area contributed by atoms with Crippen LogP contribution in [-0.2, 0) is 4.79 Å². The summed E-state index contributed by atoms with van der Waals surface area (Å²) in [5.41, 5.74) is 1.84. The summed E-state index contributed by atoms with van der Waals surface area (Å²) in [6, 6.07) is 6.57. The highest BCUT2D eigenvalue weighted by Gasteiger charge is 2.31. The van der Waals surface area contributed by atoms with Gasteiger partial charge in [0.2, 0.25) is 5.91 Å². The monoisotopic (exact) mass is 363 g/mol. The normalized spacial score (nSPS) is 13.7. The van der Waals surface area contributed by atoms with Gasteiger partial charge in [-0.2, -0.15) is 5.10 Å². The van der Waals surface area contributed by atoms with Crippen LogP contribution < -0.4 is 10.1 Å². The molecule has 1 aromatic carbocycles. The molecule has 6 nitrogen and oxygen atoms in total. The van der Waals surface area contributed by atoms with Gasteiger partial charge in [-0.25, -0.2) is 4.79 Å². The summed E-state index contributed by atoms with van der Waals surface area (Å²) >= 11 is 3.40. The van der Waals surface area contributed by atoms with Gasteiger partial charge in [0.15, 0.2) is 5.69 Å². The van der Waals surface area contributed by atoms with Gasteiger partial charge in [0.25, 0.3) is 0 Å². The molecule has 0 bridgehead atoms. The third-order valence-electron chi connectivity index (χ3n) is 3.30. The number of ether oxygens (including phenoxy) is 1.